The maximum Gasteiger partial charge on any atom is 0.0468 e. The Morgan fingerprint density at radius 2 is 1.55 bits per heavy atom. The minimum atomic E-state index is 0.698. The molecule has 3 nitrogen and oxygen atoms in total. The predicted octanol–water partition coefficient (Wildman–Crippen LogP) is 17.2. The molecule has 5 rings (SSSR count). The highest BCUT2D eigenvalue weighted by atomic mass is 15.2. The first-order chi connectivity index (χ1) is 32.6. The van der Waals surface area contributed by atoms with Crippen molar-refractivity contribution in [1.82, 2.24) is 9.80 Å². The van der Waals surface area contributed by atoms with Gasteiger partial charge in [-0.2, -0.15) is 0 Å². The van der Waals surface area contributed by atoms with Crippen LogP contribution in [0.3, 0.4) is 0 Å². The number of allylic oxidation sites excluding steroid dienone is 29. The van der Waals surface area contributed by atoms with E-state index in [1.165, 1.54) is 27.8 Å². The highest BCUT2D eigenvalue weighted by molar-refractivity contribution is 5.78. The van der Waals surface area contributed by atoms with Crippen LogP contribution in [0.4, 0.5) is 11.4 Å². The Kier molecular flexibility index (Phi) is 19.9. The Morgan fingerprint density at radius 1 is 0.776 bits per heavy atom. The molecule has 340 valence electrons. The molecule has 2 aromatic rings. The number of para-hydroxylation sites is 1. The summed E-state index contributed by atoms with van der Waals surface area (Å²) in [5, 5.41) is 0. The maximum atomic E-state index is 4.59. The molecule has 0 saturated heterocycles. The monoisotopic (exact) mass is 880 g/mol. The fraction of sp³-hybridized carbons (Fsp3) is 0.172. The molecule has 0 N–H and O–H groups in total. The normalized spacial score (nSPS) is 16.0. The molecule has 2 aromatic carbocycles. The van der Waals surface area contributed by atoms with Crippen LogP contribution in [0, 0.1) is 6.92 Å². The van der Waals surface area contributed by atoms with Crippen LogP contribution in [0.15, 0.2) is 289 Å². The van der Waals surface area contributed by atoms with Crippen molar-refractivity contribution in [2.24, 2.45) is 0 Å². The van der Waals surface area contributed by atoms with Crippen molar-refractivity contribution in [3.8, 4) is 0 Å². The number of nitrogens with zero attached hydrogens (tertiary/aromatic N) is 3. The molecular weight excluding hydrogens is 811 g/mol. The Bertz CT molecular complexity index is 2700. The van der Waals surface area contributed by atoms with Crippen LogP contribution >= 0.6 is 0 Å². The molecule has 67 heavy (non-hydrogen) atoms. The third-order valence-electron chi connectivity index (χ3n) is 11.6. The largest absolute Gasteiger partial charge is 0.371 e. The van der Waals surface area contributed by atoms with Gasteiger partial charge in [0, 0.05) is 59.0 Å². The van der Waals surface area contributed by atoms with Gasteiger partial charge in [0.1, 0.15) is 0 Å². The molecule has 0 unspecified atom stereocenters. The van der Waals surface area contributed by atoms with Crippen LogP contribution in [0.5, 0.6) is 0 Å². The molecule has 0 radical (unpaired) electrons. The molecule has 3 heteroatoms. The van der Waals surface area contributed by atoms with Crippen LogP contribution in [-0.4, -0.2) is 23.4 Å². The SMILES string of the molecule is C=C/C=C\C(=C/CC)C(=C)/C=C(\C=C/CN(C)C(/C=C\C)=C/C=C)N(C1=CC=C(C2=C=CC=C(N(c3ccccc3)c3ccc(C)c(/C(C)=C(C)/C=C\C=C)c3)C=C2)CC=C1)C1=CCCC=C1. The molecule has 0 saturated carbocycles. The van der Waals surface area contributed by atoms with Gasteiger partial charge >= 0.3 is 0 Å². The molecule has 0 aromatic heterocycles. The van der Waals surface area contributed by atoms with Gasteiger partial charge in [0.2, 0.25) is 0 Å². The molecule has 0 atom stereocenters. The summed E-state index contributed by atoms with van der Waals surface area (Å²) in [5.41, 5.74) is 20.2. The number of aryl methyl sites for hydroxylation is 1. The second kappa shape index (κ2) is 26.4. The van der Waals surface area contributed by atoms with E-state index in [2.05, 4.69) is 245 Å². The Balaban J connectivity index is 1.56. The number of rotatable bonds is 21. The van der Waals surface area contributed by atoms with E-state index in [0.29, 0.717) is 6.54 Å². The van der Waals surface area contributed by atoms with Crippen LogP contribution in [0.2, 0.25) is 0 Å². The summed E-state index contributed by atoms with van der Waals surface area (Å²) in [6.45, 7) is 27.7. The average molecular weight is 880 g/mol. The predicted molar refractivity (Wildman–Crippen MR) is 294 cm³/mol. The summed E-state index contributed by atoms with van der Waals surface area (Å²) in [7, 11) is 2.10. The zero-order valence-corrected chi connectivity index (χ0v) is 40.8. The summed E-state index contributed by atoms with van der Waals surface area (Å²) in [5.74, 6) is 0. The van der Waals surface area contributed by atoms with Crippen molar-refractivity contribution in [2.75, 3.05) is 18.5 Å². The number of benzene rings is 2. The third-order valence-corrected chi connectivity index (χ3v) is 11.6. The van der Waals surface area contributed by atoms with Gasteiger partial charge in [-0.3, -0.25) is 0 Å². The molecular formula is C64H69N3. The molecule has 0 amide bonds. The molecule has 0 fully saturated rings. The fourth-order valence-electron chi connectivity index (χ4n) is 7.93. The second-order valence-corrected chi connectivity index (χ2v) is 16.4. The van der Waals surface area contributed by atoms with Gasteiger partial charge in [-0.1, -0.05) is 143 Å². The fourth-order valence-corrected chi connectivity index (χ4v) is 7.93. The van der Waals surface area contributed by atoms with Crippen molar-refractivity contribution in [3.63, 3.8) is 0 Å². The lowest BCUT2D eigenvalue weighted by molar-refractivity contribution is 0.478. The minimum Gasteiger partial charge on any atom is -0.371 e. The highest BCUT2D eigenvalue weighted by Crippen LogP contribution is 2.36. The van der Waals surface area contributed by atoms with E-state index in [-0.39, 0.29) is 0 Å². The van der Waals surface area contributed by atoms with E-state index < -0.39 is 0 Å². The molecule has 0 spiro atoms. The van der Waals surface area contributed by atoms with E-state index in [1.807, 2.05) is 37.3 Å². The van der Waals surface area contributed by atoms with Crippen molar-refractivity contribution in [3.05, 3.63) is 300 Å². The summed E-state index contributed by atoms with van der Waals surface area (Å²) < 4.78 is 0. The minimum absolute atomic E-state index is 0.698. The zero-order chi connectivity index (χ0) is 48.0. The van der Waals surface area contributed by atoms with Crippen molar-refractivity contribution in [1.29, 1.82) is 0 Å². The third kappa shape index (κ3) is 14.2. The molecule has 0 aliphatic heterocycles. The molecule has 0 bridgehead atoms. The lowest BCUT2D eigenvalue weighted by atomic mass is 9.96. The first-order valence-electron chi connectivity index (χ1n) is 23.4. The standard InChI is InChI=1S/C64H69N3/c1-11-16-30-50(6)53(9)64-49-63(44-41-51(64)7)67(59-36-22-19-23-37-59)61-39-25-33-56(43-46-61)55-32-24-38-60(45-42-55)66(58-34-20-18-21-35-58)62(48-52(8)54(27-13-3)31-17-12-2)40-26-47-65(10)57(28-14-4)29-15-5/h11-12,14-17,19-20,22-31,34-46,48-49H,1-2,4,8,13,18,21,32,47H2,3,5-7,9-10H3/b29-15-,30-16-,31-17-,40-26-,53-50+,54-27+,57-28+,62-48+. The summed E-state index contributed by atoms with van der Waals surface area (Å²) in [6.07, 6.45) is 56.7. The lowest BCUT2D eigenvalue weighted by Gasteiger charge is -2.30. The lowest BCUT2D eigenvalue weighted by Crippen LogP contribution is -2.21. The Hall–Kier alpha value is -7.58. The van der Waals surface area contributed by atoms with E-state index in [4.69, 9.17) is 0 Å². The van der Waals surface area contributed by atoms with Crippen molar-refractivity contribution >= 4 is 16.9 Å². The van der Waals surface area contributed by atoms with Gasteiger partial charge in [0.05, 0.1) is 0 Å². The van der Waals surface area contributed by atoms with Gasteiger partial charge in [0.25, 0.3) is 0 Å². The van der Waals surface area contributed by atoms with Gasteiger partial charge < -0.3 is 14.7 Å². The van der Waals surface area contributed by atoms with Crippen molar-refractivity contribution < 1.29 is 0 Å². The van der Waals surface area contributed by atoms with Crippen LogP contribution in [0.25, 0.3) is 5.57 Å². The van der Waals surface area contributed by atoms with E-state index in [0.717, 1.165) is 82.3 Å². The topological polar surface area (TPSA) is 9.72 Å². The highest BCUT2D eigenvalue weighted by Gasteiger charge is 2.20. The number of hydrogen-bond acceptors (Lipinski definition) is 3. The first kappa shape index (κ1) is 50.4. The Labute approximate surface area is 403 Å². The second-order valence-electron chi connectivity index (χ2n) is 16.4. The quantitative estimate of drug-likeness (QED) is 0.0914. The average Bonchev–Trinajstić information content (AvgIpc) is 3.74. The first-order valence-corrected chi connectivity index (χ1v) is 23.4. The number of hydrogen-bond donors (Lipinski definition) is 0. The Morgan fingerprint density at radius 3 is 2.27 bits per heavy atom. The van der Waals surface area contributed by atoms with Gasteiger partial charge in [0.15, 0.2) is 0 Å². The molecule has 0 heterocycles. The maximum absolute atomic E-state index is 4.59. The van der Waals surface area contributed by atoms with Crippen molar-refractivity contribution in [2.45, 2.75) is 60.3 Å². The van der Waals surface area contributed by atoms with E-state index in [1.54, 1.807) is 6.08 Å². The summed E-state index contributed by atoms with van der Waals surface area (Å²) in [6, 6.07) is 17.3. The van der Waals surface area contributed by atoms with Gasteiger partial charge in [-0.15, -0.1) is 5.73 Å². The summed E-state index contributed by atoms with van der Waals surface area (Å²) >= 11 is 0. The van der Waals surface area contributed by atoms with E-state index in [9.17, 15) is 0 Å². The van der Waals surface area contributed by atoms with Gasteiger partial charge in [-0.25, -0.2) is 0 Å². The van der Waals surface area contributed by atoms with E-state index >= 15 is 0 Å². The van der Waals surface area contributed by atoms with Crippen LogP contribution in [0.1, 0.15) is 64.5 Å². The zero-order valence-electron chi connectivity index (χ0n) is 40.8. The number of anilines is 2. The number of likely N-dealkylation sites (N-methyl/N-ethyl adjacent to an activating group) is 1. The smallest absolute Gasteiger partial charge is 0.0468 e. The van der Waals surface area contributed by atoms with Crippen LogP contribution in [-0.2, 0) is 0 Å². The van der Waals surface area contributed by atoms with Crippen LogP contribution < -0.4 is 4.90 Å². The van der Waals surface area contributed by atoms with Gasteiger partial charge in [-0.05, 0) is 183 Å². The summed E-state index contributed by atoms with van der Waals surface area (Å²) in [4.78, 5) is 6.89. The molecule has 3 aliphatic rings. The molecule has 3 aliphatic carbocycles.